The second-order valence-corrected chi connectivity index (χ2v) is 8.45. The van der Waals surface area contributed by atoms with Gasteiger partial charge in [0.25, 0.3) is 0 Å². The monoisotopic (exact) mass is 296 g/mol. The van der Waals surface area contributed by atoms with E-state index in [1.165, 1.54) is 12.8 Å². The predicted octanol–water partition coefficient (Wildman–Crippen LogP) is 5.01. The highest BCUT2D eigenvalue weighted by atomic mass is 79.9. The normalized spacial score (nSPS) is 57.4. The van der Waals surface area contributed by atoms with E-state index in [1.807, 2.05) is 0 Å². The van der Waals surface area contributed by atoms with Crippen molar-refractivity contribution in [3.8, 4) is 0 Å². The van der Waals surface area contributed by atoms with Crippen molar-refractivity contribution in [2.45, 2.75) is 62.6 Å². The number of rotatable bonds is 0. The zero-order valence-corrected chi connectivity index (χ0v) is 12.4. The maximum absolute atomic E-state index is 4.02. The fourth-order valence-electron chi connectivity index (χ4n) is 6.23. The van der Waals surface area contributed by atoms with E-state index in [2.05, 4.69) is 15.9 Å². The number of alkyl halides is 1. The van der Waals surface area contributed by atoms with Gasteiger partial charge in [-0.15, -0.1) is 0 Å². The Morgan fingerprint density at radius 2 is 1.18 bits per heavy atom. The highest BCUT2D eigenvalue weighted by Crippen LogP contribution is 2.60. The smallest absolute Gasteiger partial charge is 0.0177 e. The first-order chi connectivity index (χ1) is 8.34. The standard InChI is InChI=1S/C16H25Br/c17-14-9-7-12-5-4-10-2-1-3-11-6-8-13(14)16(12)15(10)11/h10-16H,1-9H2. The third kappa shape index (κ3) is 1.67. The molecule has 4 aliphatic rings. The van der Waals surface area contributed by atoms with Crippen molar-refractivity contribution in [1.82, 2.24) is 0 Å². The fourth-order valence-corrected chi connectivity index (χ4v) is 7.11. The molecular weight excluding hydrogens is 272 g/mol. The van der Waals surface area contributed by atoms with Crippen LogP contribution >= 0.6 is 15.9 Å². The molecule has 0 heterocycles. The fraction of sp³-hybridized carbons (Fsp3) is 1.00. The van der Waals surface area contributed by atoms with Crippen molar-refractivity contribution < 1.29 is 0 Å². The van der Waals surface area contributed by atoms with Gasteiger partial charge in [0.2, 0.25) is 0 Å². The van der Waals surface area contributed by atoms with Gasteiger partial charge in [-0.05, 0) is 74.0 Å². The van der Waals surface area contributed by atoms with Crippen molar-refractivity contribution in [3.63, 3.8) is 0 Å². The molecule has 4 fully saturated rings. The minimum atomic E-state index is 0.866. The zero-order chi connectivity index (χ0) is 11.4. The first-order valence-electron chi connectivity index (χ1n) is 7.98. The average molecular weight is 297 g/mol. The Morgan fingerprint density at radius 1 is 0.588 bits per heavy atom. The lowest BCUT2D eigenvalue weighted by atomic mass is 9.48. The first-order valence-corrected chi connectivity index (χ1v) is 8.90. The van der Waals surface area contributed by atoms with Crippen molar-refractivity contribution in [1.29, 1.82) is 0 Å². The third-order valence-corrected chi connectivity index (χ3v) is 7.92. The van der Waals surface area contributed by atoms with Crippen molar-refractivity contribution >= 4 is 15.9 Å². The van der Waals surface area contributed by atoms with Crippen LogP contribution in [0.15, 0.2) is 0 Å². The highest BCUT2D eigenvalue weighted by molar-refractivity contribution is 9.09. The van der Waals surface area contributed by atoms with E-state index in [9.17, 15) is 0 Å². The molecule has 0 N–H and O–H groups in total. The Kier molecular flexibility index (Phi) is 2.83. The third-order valence-electron chi connectivity index (χ3n) is 6.78. The van der Waals surface area contributed by atoms with Crippen molar-refractivity contribution in [3.05, 3.63) is 0 Å². The maximum atomic E-state index is 4.02. The lowest BCUT2D eigenvalue weighted by molar-refractivity contribution is -0.0729. The minimum Gasteiger partial charge on any atom is -0.0888 e. The Bertz CT molecular complexity index is 294. The van der Waals surface area contributed by atoms with Gasteiger partial charge in [0.15, 0.2) is 0 Å². The van der Waals surface area contributed by atoms with E-state index < -0.39 is 0 Å². The summed E-state index contributed by atoms with van der Waals surface area (Å²) in [5.74, 6) is 6.73. The van der Waals surface area contributed by atoms with Crippen LogP contribution < -0.4 is 0 Å². The first kappa shape index (κ1) is 11.3. The van der Waals surface area contributed by atoms with Gasteiger partial charge in [0.1, 0.15) is 0 Å². The molecule has 0 aromatic rings. The molecule has 7 atom stereocenters. The Morgan fingerprint density at radius 3 is 1.94 bits per heavy atom. The van der Waals surface area contributed by atoms with Crippen LogP contribution in [0, 0.1) is 35.5 Å². The Labute approximate surface area is 114 Å². The summed E-state index contributed by atoms with van der Waals surface area (Å²) < 4.78 is 0. The van der Waals surface area contributed by atoms with Gasteiger partial charge < -0.3 is 0 Å². The summed E-state index contributed by atoms with van der Waals surface area (Å²) >= 11 is 4.02. The van der Waals surface area contributed by atoms with Gasteiger partial charge in [0.05, 0.1) is 0 Å². The number of halogens is 1. The van der Waals surface area contributed by atoms with Gasteiger partial charge in [-0.1, -0.05) is 35.2 Å². The number of hydrogen-bond donors (Lipinski definition) is 0. The number of hydrogen-bond acceptors (Lipinski definition) is 0. The molecule has 0 aromatic heterocycles. The lowest BCUT2D eigenvalue weighted by Gasteiger charge is -2.58. The largest absolute Gasteiger partial charge is 0.0888 e. The average Bonchev–Trinajstić information content (AvgIpc) is 2.38. The molecule has 0 nitrogen and oxygen atoms in total. The predicted molar refractivity (Wildman–Crippen MR) is 75.2 cm³/mol. The maximum Gasteiger partial charge on any atom is 0.0177 e. The summed E-state index contributed by atoms with van der Waals surface area (Å²) in [5, 5.41) is 0. The second-order valence-electron chi connectivity index (χ2n) is 7.28. The highest BCUT2D eigenvalue weighted by Gasteiger charge is 2.52. The molecule has 4 saturated carbocycles. The molecule has 0 radical (unpaired) electrons. The second kappa shape index (κ2) is 4.25. The van der Waals surface area contributed by atoms with E-state index in [-0.39, 0.29) is 0 Å². The molecule has 0 amide bonds. The quantitative estimate of drug-likeness (QED) is 0.551. The van der Waals surface area contributed by atoms with Gasteiger partial charge in [0, 0.05) is 4.83 Å². The molecule has 7 unspecified atom stereocenters. The van der Waals surface area contributed by atoms with E-state index in [1.54, 1.807) is 44.9 Å². The summed E-state index contributed by atoms with van der Waals surface area (Å²) in [6.07, 6.45) is 14.0. The SMILES string of the molecule is BrC1CCC2CCC3CCCC4CCC1C2C34. The molecule has 1 heteroatoms. The van der Waals surface area contributed by atoms with Crippen LogP contribution in [0.25, 0.3) is 0 Å². The summed E-state index contributed by atoms with van der Waals surface area (Å²) in [5.41, 5.74) is 0. The molecule has 96 valence electrons. The molecule has 17 heavy (non-hydrogen) atoms. The lowest BCUT2D eigenvalue weighted by Crippen LogP contribution is -2.51. The Balaban J connectivity index is 1.68. The van der Waals surface area contributed by atoms with Gasteiger partial charge in [-0.2, -0.15) is 0 Å². The summed E-state index contributed by atoms with van der Waals surface area (Å²) in [4.78, 5) is 0.866. The molecule has 0 saturated heterocycles. The van der Waals surface area contributed by atoms with E-state index >= 15 is 0 Å². The van der Waals surface area contributed by atoms with Crippen LogP contribution in [0.4, 0.5) is 0 Å². The molecule has 0 aliphatic heterocycles. The summed E-state index contributed by atoms with van der Waals surface area (Å²) in [7, 11) is 0. The molecule has 0 bridgehead atoms. The molecule has 4 aliphatic carbocycles. The van der Waals surface area contributed by atoms with Gasteiger partial charge >= 0.3 is 0 Å². The van der Waals surface area contributed by atoms with Crippen LogP contribution in [0.5, 0.6) is 0 Å². The van der Waals surface area contributed by atoms with Crippen LogP contribution in [-0.4, -0.2) is 4.83 Å². The van der Waals surface area contributed by atoms with Crippen LogP contribution in [0.3, 0.4) is 0 Å². The summed E-state index contributed by atoms with van der Waals surface area (Å²) in [6, 6.07) is 0. The van der Waals surface area contributed by atoms with Crippen LogP contribution in [0.2, 0.25) is 0 Å². The molecular formula is C16H25Br. The van der Waals surface area contributed by atoms with Crippen LogP contribution in [0.1, 0.15) is 57.8 Å². The van der Waals surface area contributed by atoms with E-state index in [4.69, 9.17) is 0 Å². The van der Waals surface area contributed by atoms with E-state index in [0.29, 0.717) is 0 Å². The Hall–Kier alpha value is 0.480. The zero-order valence-electron chi connectivity index (χ0n) is 10.8. The van der Waals surface area contributed by atoms with Gasteiger partial charge in [-0.25, -0.2) is 0 Å². The molecule has 0 spiro atoms. The van der Waals surface area contributed by atoms with Gasteiger partial charge in [-0.3, -0.25) is 0 Å². The topological polar surface area (TPSA) is 0 Å². The minimum absolute atomic E-state index is 0.866. The van der Waals surface area contributed by atoms with Crippen molar-refractivity contribution in [2.24, 2.45) is 35.5 Å². The molecule has 4 rings (SSSR count). The van der Waals surface area contributed by atoms with E-state index in [0.717, 1.165) is 40.3 Å². The summed E-state index contributed by atoms with van der Waals surface area (Å²) in [6.45, 7) is 0. The van der Waals surface area contributed by atoms with Crippen LogP contribution in [-0.2, 0) is 0 Å². The molecule has 0 aromatic carbocycles. The van der Waals surface area contributed by atoms with Crippen molar-refractivity contribution in [2.75, 3.05) is 0 Å².